The Balaban J connectivity index is 2.80. The van der Waals surface area contributed by atoms with Gasteiger partial charge in [-0.05, 0) is 25.2 Å². The molecule has 7 heteroatoms. The van der Waals surface area contributed by atoms with Crippen molar-refractivity contribution >= 4 is 17.7 Å². The van der Waals surface area contributed by atoms with Crippen molar-refractivity contribution in [3.63, 3.8) is 0 Å². The van der Waals surface area contributed by atoms with Crippen molar-refractivity contribution < 1.29 is 19.5 Å². The number of unbranched alkanes of at least 4 members (excludes halogenated alkanes) is 2. The van der Waals surface area contributed by atoms with E-state index in [1.807, 2.05) is 13.8 Å². The molecule has 0 aromatic heterocycles. The summed E-state index contributed by atoms with van der Waals surface area (Å²) in [5, 5.41) is 12.3. The summed E-state index contributed by atoms with van der Waals surface area (Å²) in [5.41, 5.74) is 5.30. The molecule has 4 N–H and O–H groups in total. The van der Waals surface area contributed by atoms with E-state index in [9.17, 15) is 19.5 Å². The normalized spacial score (nSPS) is 19.4. The molecule has 1 fully saturated rings. The van der Waals surface area contributed by atoms with E-state index in [0.29, 0.717) is 13.0 Å². The van der Waals surface area contributed by atoms with Crippen LogP contribution in [-0.2, 0) is 14.4 Å². The maximum absolute atomic E-state index is 12.9. The highest BCUT2D eigenvalue weighted by atomic mass is 16.3. The second kappa shape index (κ2) is 11.2. The van der Waals surface area contributed by atoms with Crippen LogP contribution in [0.2, 0.25) is 0 Å². The number of carbonyl (C=O) groups excluding carboxylic acids is 3. The van der Waals surface area contributed by atoms with Gasteiger partial charge in [0.15, 0.2) is 0 Å². The smallest absolute Gasteiger partial charge is 0.245 e. The fourth-order valence-corrected chi connectivity index (χ4v) is 3.49. The fraction of sp³-hybridized carbons (Fsp3) is 0.842. The Kier molecular flexibility index (Phi) is 9.62. The Bertz CT molecular complexity index is 481. The first-order valence-electron chi connectivity index (χ1n) is 9.81. The zero-order valence-corrected chi connectivity index (χ0v) is 16.4. The van der Waals surface area contributed by atoms with E-state index >= 15 is 0 Å². The summed E-state index contributed by atoms with van der Waals surface area (Å²) in [6.45, 7) is 6.38. The number of nitrogens with one attached hydrogen (secondary N) is 1. The van der Waals surface area contributed by atoms with E-state index in [2.05, 4.69) is 12.2 Å². The van der Waals surface area contributed by atoms with Gasteiger partial charge in [-0.3, -0.25) is 14.4 Å². The van der Waals surface area contributed by atoms with Crippen molar-refractivity contribution in [1.82, 2.24) is 10.2 Å². The number of aliphatic hydroxyl groups excluding tert-OH is 1. The third-order valence-corrected chi connectivity index (χ3v) is 5.08. The molecule has 0 bridgehead atoms. The van der Waals surface area contributed by atoms with Crippen molar-refractivity contribution in [1.29, 1.82) is 0 Å². The molecule has 1 aliphatic rings. The van der Waals surface area contributed by atoms with Gasteiger partial charge in [0, 0.05) is 18.9 Å². The molecule has 0 aliphatic carbocycles. The Morgan fingerprint density at radius 3 is 2.50 bits per heavy atom. The average molecular weight is 370 g/mol. The van der Waals surface area contributed by atoms with E-state index in [4.69, 9.17) is 5.73 Å². The molecule has 26 heavy (non-hydrogen) atoms. The zero-order valence-electron chi connectivity index (χ0n) is 16.4. The molecule has 0 saturated carbocycles. The first kappa shape index (κ1) is 22.4. The van der Waals surface area contributed by atoms with Crippen molar-refractivity contribution in [2.75, 3.05) is 13.2 Å². The SMILES string of the molecule is CCCCC[C@H](CC(N)=O)C(=O)N[C@H](C(=O)N1CCC[C@H]1CO)C(C)C. The number of aliphatic hydroxyl groups is 1. The summed E-state index contributed by atoms with van der Waals surface area (Å²) >= 11 is 0. The molecule has 150 valence electrons. The lowest BCUT2D eigenvalue weighted by Crippen LogP contribution is -2.54. The number of amides is 3. The lowest BCUT2D eigenvalue weighted by molar-refractivity contribution is -0.140. The zero-order chi connectivity index (χ0) is 19.7. The average Bonchev–Trinajstić information content (AvgIpc) is 3.06. The first-order valence-corrected chi connectivity index (χ1v) is 9.81. The van der Waals surface area contributed by atoms with Gasteiger partial charge >= 0.3 is 0 Å². The number of hydrogen-bond donors (Lipinski definition) is 3. The molecular formula is C19H35N3O4. The third kappa shape index (κ3) is 6.59. The van der Waals surface area contributed by atoms with Gasteiger partial charge in [-0.15, -0.1) is 0 Å². The van der Waals surface area contributed by atoms with Crippen LogP contribution < -0.4 is 11.1 Å². The molecule has 7 nitrogen and oxygen atoms in total. The van der Waals surface area contributed by atoms with Gasteiger partial charge in [-0.2, -0.15) is 0 Å². The molecule has 1 aliphatic heterocycles. The van der Waals surface area contributed by atoms with E-state index in [1.54, 1.807) is 4.90 Å². The summed E-state index contributed by atoms with van der Waals surface area (Å²) in [7, 11) is 0. The highest BCUT2D eigenvalue weighted by molar-refractivity contribution is 5.90. The monoisotopic (exact) mass is 369 g/mol. The quantitative estimate of drug-likeness (QED) is 0.475. The van der Waals surface area contributed by atoms with Crippen LogP contribution >= 0.6 is 0 Å². The van der Waals surface area contributed by atoms with Gasteiger partial charge in [0.25, 0.3) is 0 Å². The van der Waals surface area contributed by atoms with Crippen LogP contribution in [0.3, 0.4) is 0 Å². The van der Waals surface area contributed by atoms with Gasteiger partial charge in [-0.1, -0.05) is 40.0 Å². The molecule has 0 aromatic carbocycles. The minimum atomic E-state index is -0.656. The topological polar surface area (TPSA) is 113 Å². The minimum Gasteiger partial charge on any atom is -0.394 e. The Labute approximate surface area is 156 Å². The Morgan fingerprint density at radius 1 is 1.27 bits per heavy atom. The summed E-state index contributed by atoms with van der Waals surface area (Å²) < 4.78 is 0. The molecule has 0 radical (unpaired) electrons. The van der Waals surface area contributed by atoms with Crippen molar-refractivity contribution in [2.45, 2.75) is 77.8 Å². The Hall–Kier alpha value is -1.63. The van der Waals surface area contributed by atoms with Crippen LogP contribution in [0.4, 0.5) is 0 Å². The number of hydrogen-bond acceptors (Lipinski definition) is 4. The largest absolute Gasteiger partial charge is 0.394 e. The maximum atomic E-state index is 12.9. The summed E-state index contributed by atoms with van der Waals surface area (Å²) in [6, 6.07) is -0.831. The summed E-state index contributed by atoms with van der Waals surface area (Å²) in [5.74, 6) is -1.53. The standard InChI is InChI=1S/C19H35N3O4/c1-4-5-6-8-14(11-16(20)24)18(25)21-17(13(2)3)19(26)22-10-7-9-15(22)12-23/h13-15,17,23H,4-12H2,1-3H3,(H2,20,24)(H,21,25)/t14-,15+,17+/m1/s1. The van der Waals surface area contributed by atoms with Crippen LogP contribution in [0, 0.1) is 11.8 Å². The molecular weight excluding hydrogens is 334 g/mol. The number of nitrogens with two attached hydrogens (primary N) is 1. The van der Waals surface area contributed by atoms with Gasteiger partial charge in [0.1, 0.15) is 6.04 Å². The van der Waals surface area contributed by atoms with Crippen molar-refractivity contribution in [3.05, 3.63) is 0 Å². The summed E-state index contributed by atoms with van der Waals surface area (Å²) in [4.78, 5) is 38.6. The first-order chi connectivity index (χ1) is 12.3. The van der Waals surface area contributed by atoms with Gasteiger partial charge in [0.2, 0.25) is 17.7 Å². The highest BCUT2D eigenvalue weighted by Gasteiger charge is 2.36. The van der Waals surface area contributed by atoms with Crippen molar-refractivity contribution in [2.24, 2.45) is 17.6 Å². The third-order valence-electron chi connectivity index (χ3n) is 5.08. The van der Waals surface area contributed by atoms with E-state index in [-0.39, 0.29) is 36.8 Å². The predicted octanol–water partition coefficient (Wildman–Crippen LogP) is 1.18. The molecule has 0 unspecified atom stereocenters. The van der Waals surface area contributed by atoms with Gasteiger partial charge in [0.05, 0.1) is 12.6 Å². The van der Waals surface area contributed by atoms with Crippen LogP contribution in [0.1, 0.15) is 65.7 Å². The predicted molar refractivity (Wildman–Crippen MR) is 100 cm³/mol. The van der Waals surface area contributed by atoms with Crippen LogP contribution in [0.5, 0.6) is 0 Å². The van der Waals surface area contributed by atoms with Gasteiger partial charge in [-0.25, -0.2) is 0 Å². The van der Waals surface area contributed by atoms with E-state index in [0.717, 1.165) is 32.1 Å². The number of nitrogens with zero attached hydrogens (tertiary/aromatic N) is 1. The van der Waals surface area contributed by atoms with E-state index in [1.165, 1.54) is 0 Å². The molecule has 3 atom stereocenters. The number of carbonyl (C=O) groups is 3. The highest BCUT2D eigenvalue weighted by Crippen LogP contribution is 2.21. The number of rotatable bonds is 11. The lowest BCUT2D eigenvalue weighted by atomic mass is 9.94. The molecule has 1 heterocycles. The lowest BCUT2D eigenvalue weighted by Gasteiger charge is -2.31. The second-order valence-electron chi connectivity index (χ2n) is 7.60. The molecule has 1 saturated heterocycles. The van der Waals surface area contributed by atoms with E-state index < -0.39 is 17.9 Å². The van der Waals surface area contributed by atoms with Crippen molar-refractivity contribution in [3.8, 4) is 0 Å². The second-order valence-corrected chi connectivity index (χ2v) is 7.60. The Morgan fingerprint density at radius 2 is 1.96 bits per heavy atom. The molecule has 0 spiro atoms. The van der Waals surface area contributed by atoms with Crippen LogP contribution in [0.25, 0.3) is 0 Å². The number of likely N-dealkylation sites (tertiary alicyclic amines) is 1. The van der Waals surface area contributed by atoms with Crippen LogP contribution in [-0.4, -0.2) is 53.0 Å². The fourth-order valence-electron chi connectivity index (χ4n) is 3.49. The maximum Gasteiger partial charge on any atom is 0.245 e. The molecule has 3 amide bonds. The van der Waals surface area contributed by atoms with Crippen LogP contribution in [0.15, 0.2) is 0 Å². The van der Waals surface area contributed by atoms with Gasteiger partial charge < -0.3 is 21.1 Å². The molecule has 1 rings (SSSR count). The minimum absolute atomic E-state index is 0.00245. The number of primary amides is 1. The summed E-state index contributed by atoms with van der Waals surface area (Å²) in [6.07, 6.45) is 5.08. The molecule has 0 aromatic rings.